The molecule has 8 heteroatoms. The van der Waals surface area contributed by atoms with E-state index in [1.807, 2.05) is 0 Å². The summed E-state index contributed by atoms with van der Waals surface area (Å²) < 4.78 is 18.3. The van der Waals surface area contributed by atoms with Crippen LogP contribution < -0.4 is 5.32 Å². The summed E-state index contributed by atoms with van der Waals surface area (Å²) in [5.41, 5.74) is 1.75. The molecule has 0 saturated carbocycles. The van der Waals surface area contributed by atoms with Gasteiger partial charge in [-0.2, -0.15) is 4.98 Å². The number of carbonyl (C=O) groups excluding carboxylic acids is 1. The molecule has 0 aliphatic carbocycles. The van der Waals surface area contributed by atoms with Crippen LogP contribution in [0.4, 0.5) is 4.39 Å². The Morgan fingerprint density at radius 2 is 2.08 bits per heavy atom. The SMILES string of the molecule is O=C(NCc1nc(-c2ccncc2)no1)c1c[nH]c2cc(F)ccc12. The number of nitrogens with one attached hydrogen (secondary N) is 2. The maximum atomic E-state index is 13.2. The summed E-state index contributed by atoms with van der Waals surface area (Å²) in [6.45, 7) is 0.0881. The topological polar surface area (TPSA) is 96.7 Å². The quantitative estimate of drug-likeness (QED) is 0.597. The first kappa shape index (κ1) is 15.0. The van der Waals surface area contributed by atoms with Gasteiger partial charge in [0.05, 0.1) is 12.1 Å². The Hall–Kier alpha value is -3.55. The Balaban J connectivity index is 1.48. The summed E-state index contributed by atoms with van der Waals surface area (Å²) in [7, 11) is 0. The molecule has 0 spiro atoms. The number of H-pyrrole nitrogens is 1. The van der Waals surface area contributed by atoms with E-state index in [0.29, 0.717) is 22.3 Å². The zero-order valence-electron chi connectivity index (χ0n) is 12.9. The van der Waals surface area contributed by atoms with Crippen LogP contribution in [0.1, 0.15) is 16.2 Å². The number of aromatic amines is 1. The van der Waals surface area contributed by atoms with Crippen LogP contribution in [0.5, 0.6) is 0 Å². The van der Waals surface area contributed by atoms with Gasteiger partial charge >= 0.3 is 0 Å². The van der Waals surface area contributed by atoms with E-state index in [1.54, 1.807) is 30.6 Å². The first-order valence-corrected chi connectivity index (χ1v) is 7.48. The van der Waals surface area contributed by atoms with Crippen LogP contribution in [0, 0.1) is 5.82 Å². The third-order valence-electron chi connectivity index (χ3n) is 3.70. The summed E-state index contributed by atoms with van der Waals surface area (Å²) in [6, 6.07) is 7.73. The zero-order valence-corrected chi connectivity index (χ0v) is 12.9. The number of hydrogen-bond acceptors (Lipinski definition) is 5. The van der Waals surface area contributed by atoms with E-state index in [2.05, 4.69) is 25.4 Å². The summed E-state index contributed by atoms with van der Waals surface area (Å²) in [5, 5.41) is 7.23. The number of aromatic nitrogens is 4. The minimum Gasteiger partial charge on any atom is -0.360 e. The molecule has 124 valence electrons. The van der Waals surface area contributed by atoms with Gasteiger partial charge in [0.1, 0.15) is 5.82 Å². The van der Waals surface area contributed by atoms with Crippen molar-refractivity contribution >= 4 is 16.8 Å². The molecule has 7 nitrogen and oxygen atoms in total. The molecule has 2 N–H and O–H groups in total. The average molecular weight is 337 g/mol. The van der Waals surface area contributed by atoms with Gasteiger partial charge in [0, 0.05) is 35.1 Å². The Bertz CT molecular complexity index is 1040. The number of halogens is 1. The molecule has 0 unspecified atom stereocenters. The second-order valence-corrected chi connectivity index (χ2v) is 5.32. The Kier molecular flexibility index (Phi) is 3.70. The predicted octanol–water partition coefficient (Wildman–Crippen LogP) is 2.68. The first-order chi connectivity index (χ1) is 12.2. The fraction of sp³-hybridized carbons (Fsp3) is 0.0588. The first-order valence-electron chi connectivity index (χ1n) is 7.48. The van der Waals surface area contributed by atoms with Crippen LogP contribution in [0.3, 0.4) is 0 Å². The fourth-order valence-corrected chi connectivity index (χ4v) is 2.48. The number of benzene rings is 1. The van der Waals surface area contributed by atoms with Gasteiger partial charge < -0.3 is 14.8 Å². The van der Waals surface area contributed by atoms with E-state index in [4.69, 9.17) is 4.52 Å². The predicted molar refractivity (Wildman–Crippen MR) is 87.0 cm³/mol. The van der Waals surface area contributed by atoms with Crippen molar-refractivity contribution in [2.45, 2.75) is 6.54 Å². The smallest absolute Gasteiger partial charge is 0.253 e. The van der Waals surface area contributed by atoms with Gasteiger partial charge in [-0.1, -0.05) is 5.16 Å². The van der Waals surface area contributed by atoms with E-state index in [0.717, 1.165) is 5.56 Å². The molecular weight excluding hydrogens is 325 g/mol. The van der Waals surface area contributed by atoms with Crippen LogP contribution in [0.2, 0.25) is 0 Å². The molecule has 0 aliphatic heterocycles. The summed E-state index contributed by atoms with van der Waals surface area (Å²) >= 11 is 0. The summed E-state index contributed by atoms with van der Waals surface area (Å²) in [6.07, 6.45) is 4.80. The molecule has 0 atom stereocenters. The molecule has 3 heterocycles. The lowest BCUT2D eigenvalue weighted by molar-refractivity contribution is 0.0948. The Labute approximate surface area is 140 Å². The van der Waals surface area contributed by atoms with Gasteiger partial charge in [-0.15, -0.1) is 0 Å². The monoisotopic (exact) mass is 337 g/mol. The van der Waals surface area contributed by atoms with Crippen LogP contribution in [0.25, 0.3) is 22.3 Å². The maximum Gasteiger partial charge on any atom is 0.253 e. The van der Waals surface area contributed by atoms with Crippen molar-refractivity contribution in [3.63, 3.8) is 0 Å². The van der Waals surface area contributed by atoms with Crippen molar-refractivity contribution in [2.75, 3.05) is 0 Å². The van der Waals surface area contributed by atoms with Gasteiger partial charge in [0.15, 0.2) is 0 Å². The van der Waals surface area contributed by atoms with E-state index in [-0.39, 0.29) is 24.2 Å². The molecule has 0 aliphatic rings. The van der Waals surface area contributed by atoms with Crippen LogP contribution in [-0.4, -0.2) is 26.0 Å². The molecular formula is C17H12FN5O2. The van der Waals surface area contributed by atoms with Crippen molar-refractivity contribution in [1.82, 2.24) is 25.4 Å². The largest absolute Gasteiger partial charge is 0.360 e. The normalized spacial score (nSPS) is 10.9. The van der Waals surface area contributed by atoms with Crippen molar-refractivity contribution in [3.8, 4) is 11.4 Å². The van der Waals surface area contributed by atoms with E-state index >= 15 is 0 Å². The molecule has 0 radical (unpaired) electrons. The van der Waals surface area contributed by atoms with Crippen LogP contribution in [-0.2, 0) is 6.54 Å². The Morgan fingerprint density at radius 1 is 1.24 bits per heavy atom. The number of fused-ring (bicyclic) bond motifs is 1. The van der Waals surface area contributed by atoms with Crippen LogP contribution >= 0.6 is 0 Å². The van der Waals surface area contributed by atoms with Crippen molar-refractivity contribution in [3.05, 3.63) is 66.2 Å². The minimum atomic E-state index is -0.365. The van der Waals surface area contributed by atoms with Crippen molar-refractivity contribution in [1.29, 1.82) is 0 Å². The number of amides is 1. The van der Waals surface area contributed by atoms with E-state index < -0.39 is 0 Å². The number of hydrogen-bond donors (Lipinski definition) is 2. The van der Waals surface area contributed by atoms with Gasteiger partial charge in [-0.3, -0.25) is 9.78 Å². The molecule has 1 amide bonds. The highest BCUT2D eigenvalue weighted by atomic mass is 19.1. The molecule has 0 bridgehead atoms. The third-order valence-corrected chi connectivity index (χ3v) is 3.70. The highest BCUT2D eigenvalue weighted by Crippen LogP contribution is 2.19. The third kappa shape index (κ3) is 2.97. The Morgan fingerprint density at radius 3 is 2.92 bits per heavy atom. The molecule has 0 saturated heterocycles. The fourth-order valence-electron chi connectivity index (χ4n) is 2.48. The number of pyridine rings is 1. The van der Waals surface area contributed by atoms with E-state index in [9.17, 15) is 9.18 Å². The summed E-state index contributed by atoms with van der Waals surface area (Å²) in [4.78, 5) is 23.4. The van der Waals surface area contributed by atoms with E-state index in [1.165, 1.54) is 18.3 Å². The average Bonchev–Trinajstić information content (AvgIpc) is 3.27. The maximum absolute atomic E-state index is 13.2. The molecule has 4 rings (SSSR count). The highest BCUT2D eigenvalue weighted by molar-refractivity contribution is 6.06. The molecule has 3 aromatic heterocycles. The lowest BCUT2D eigenvalue weighted by atomic mass is 10.1. The standard InChI is InChI=1S/C17H12FN5O2/c18-11-1-2-12-13(8-20-14(12)7-11)17(24)21-9-15-22-16(23-25-15)10-3-5-19-6-4-10/h1-8,20H,9H2,(H,21,24). The number of nitrogens with zero attached hydrogens (tertiary/aromatic N) is 3. The number of carbonyl (C=O) groups is 1. The zero-order chi connectivity index (χ0) is 17.2. The molecule has 25 heavy (non-hydrogen) atoms. The van der Waals surface area contributed by atoms with Crippen molar-refractivity contribution < 1.29 is 13.7 Å². The van der Waals surface area contributed by atoms with Gasteiger partial charge in [-0.25, -0.2) is 4.39 Å². The van der Waals surface area contributed by atoms with Gasteiger partial charge in [0.25, 0.3) is 5.91 Å². The van der Waals surface area contributed by atoms with Crippen LogP contribution in [0.15, 0.2) is 53.4 Å². The summed E-state index contributed by atoms with van der Waals surface area (Å²) in [5.74, 6) is 0.0256. The highest BCUT2D eigenvalue weighted by Gasteiger charge is 2.14. The lowest BCUT2D eigenvalue weighted by Crippen LogP contribution is -2.22. The molecule has 1 aromatic carbocycles. The minimum absolute atomic E-state index is 0.0881. The molecule has 0 fully saturated rings. The van der Waals surface area contributed by atoms with Crippen molar-refractivity contribution in [2.24, 2.45) is 0 Å². The number of rotatable bonds is 4. The molecule has 4 aromatic rings. The van der Waals surface area contributed by atoms with Gasteiger partial charge in [-0.05, 0) is 30.3 Å². The van der Waals surface area contributed by atoms with Gasteiger partial charge in [0.2, 0.25) is 11.7 Å². The second-order valence-electron chi connectivity index (χ2n) is 5.32. The second kappa shape index (κ2) is 6.16. The lowest BCUT2D eigenvalue weighted by Gasteiger charge is -2.00.